The number of hydrogen-bond donors (Lipinski definition) is 1. The molecule has 0 saturated heterocycles. The minimum absolute atomic E-state index is 0.140. The van der Waals surface area contributed by atoms with Gasteiger partial charge in [-0.3, -0.25) is 9.59 Å². The average Bonchev–Trinajstić information content (AvgIpc) is 2.29. The van der Waals surface area contributed by atoms with Crippen molar-refractivity contribution in [3.8, 4) is 6.07 Å². The molecular weight excluding hydrogens is 228 g/mol. The number of amides is 1. The van der Waals surface area contributed by atoms with Crippen molar-refractivity contribution in [2.75, 3.05) is 0 Å². The van der Waals surface area contributed by atoms with E-state index in [9.17, 15) is 9.59 Å². The Balaban J connectivity index is 3.00. The fourth-order valence-electron chi connectivity index (χ4n) is 1.05. The van der Waals surface area contributed by atoms with E-state index in [1.54, 1.807) is 30.3 Å². The minimum atomic E-state index is -0.809. The largest absolute Gasteiger partial charge is 0.318 e. The zero-order chi connectivity index (χ0) is 12.0. The molecule has 1 rings (SSSR count). The minimum Gasteiger partial charge on any atom is -0.318 e. The Morgan fingerprint density at radius 1 is 1.38 bits per heavy atom. The van der Waals surface area contributed by atoms with Gasteiger partial charge in [-0.1, -0.05) is 23.7 Å². The number of aldehydes is 1. The Hall–Kier alpha value is -2.12. The third kappa shape index (κ3) is 3.23. The van der Waals surface area contributed by atoms with Crippen LogP contribution in [-0.2, 0) is 9.59 Å². The molecule has 0 radical (unpaired) electrons. The first kappa shape index (κ1) is 12.0. The van der Waals surface area contributed by atoms with Gasteiger partial charge < -0.3 is 5.32 Å². The highest BCUT2D eigenvalue weighted by Crippen LogP contribution is 2.15. The number of nitrogens with one attached hydrogen (secondary N) is 1. The SMILES string of the molecule is N#C/C=C(\NC(=O)C=O)c1ccc(Cl)cc1. The zero-order valence-corrected chi connectivity index (χ0v) is 8.86. The molecule has 0 aromatic heterocycles. The van der Waals surface area contributed by atoms with E-state index in [0.29, 0.717) is 10.6 Å². The second-order valence-corrected chi connectivity index (χ2v) is 3.24. The van der Waals surface area contributed by atoms with Crippen LogP contribution in [0.2, 0.25) is 5.02 Å². The summed E-state index contributed by atoms with van der Waals surface area (Å²) in [5.74, 6) is -0.809. The summed E-state index contributed by atoms with van der Waals surface area (Å²) in [7, 11) is 0. The number of carbonyl (C=O) groups excluding carboxylic acids is 2. The van der Waals surface area contributed by atoms with Gasteiger partial charge in [0.2, 0.25) is 6.29 Å². The maximum Gasteiger partial charge on any atom is 0.288 e. The normalized spacial score (nSPS) is 10.4. The molecule has 0 heterocycles. The summed E-state index contributed by atoms with van der Waals surface area (Å²) in [4.78, 5) is 21.1. The van der Waals surface area contributed by atoms with Crippen LogP contribution < -0.4 is 5.32 Å². The van der Waals surface area contributed by atoms with Gasteiger partial charge in [0.1, 0.15) is 0 Å². The Kier molecular flexibility index (Phi) is 4.25. The number of allylic oxidation sites excluding steroid dienone is 1. The van der Waals surface area contributed by atoms with Crippen LogP contribution in [0.1, 0.15) is 5.56 Å². The van der Waals surface area contributed by atoms with Crippen LogP contribution in [0.15, 0.2) is 30.3 Å². The first-order valence-electron chi connectivity index (χ1n) is 4.29. The maximum atomic E-state index is 10.9. The average molecular weight is 235 g/mol. The van der Waals surface area contributed by atoms with Gasteiger partial charge in [0.25, 0.3) is 5.91 Å². The molecule has 4 nitrogen and oxygen atoms in total. The van der Waals surface area contributed by atoms with Gasteiger partial charge >= 0.3 is 0 Å². The van der Waals surface area contributed by atoms with Crippen molar-refractivity contribution in [2.45, 2.75) is 0 Å². The summed E-state index contributed by atoms with van der Waals surface area (Å²) < 4.78 is 0. The predicted octanol–water partition coefficient (Wildman–Crippen LogP) is 1.52. The van der Waals surface area contributed by atoms with E-state index in [1.807, 2.05) is 0 Å². The van der Waals surface area contributed by atoms with Crippen molar-refractivity contribution in [1.82, 2.24) is 5.32 Å². The summed E-state index contributed by atoms with van der Waals surface area (Å²) in [6.45, 7) is 0. The van der Waals surface area contributed by atoms with E-state index in [4.69, 9.17) is 16.9 Å². The van der Waals surface area contributed by atoms with Gasteiger partial charge in [0.15, 0.2) is 0 Å². The molecule has 1 aromatic carbocycles. The Labute approximate surface area is 97.1 Å². The number of benzene rings is 1. The van der Waals surface area contributed by atoms with E-state index < -0.39 is 5.91 Å². The van der Waals surface area contributed by atoms with E-state index >= 15 is 0 Å². The molecule has 0 saturated carbocycles. The van der Waals surface area contributed by atoms with E-state index in [1.165, 1.54) is 0 Å². The molecule has 5 heteroatoms. The van der Waals surface area contributed by atoms with Crippen molar-refractivity contribution in [1.29, 1.82) is 5.26 Å². The first-order valence-corrected chi connectivity index (χ1v) is 4.67. The highest BCUT2D eigenvalue weighted by Gasteiger charge is 2.05. The second kappa shape index (κ2) is 5.69. The van der Waals surface area contributed by atoms with Crippen LogP contribution in [0.4, 0.5) is 0 Å². The lowest BCUT2D eigenvalue weighted by Gasteiger charge is -2.05. The molecule has 0 aliphatic heterocycles. The van der Waals surface area contributed by atoms with Gasteiger partial charge in [-0.2, -0.15) is 5.26 Å². The molecule has 0 aliphatic carbocycles. The van der Waals surface area contributed by atoms with Gasteiger partial charge in [-0.05, 0) is 17.7 Å². The number of halogens is 1. The second-order valence-electron chi connectivity index (χ2n) is 2.80. The van der Waals surface area contributed by atoms with Crippen molar-refractivity contribution in [2.24, 2.45) is 0 Å². The van der Waals surface area contributed by atoms with Gasteiger partial charge in [-0.15, -0.1) is 0 Å². The summed E-state index contributed by atoms with van der Waals surface area (Å²) >= 11 is 5.70. The molecule has 1 amide bonds. The lowest BCUT2D eigenvalue weighted by Crippen LogP contribution is -2.22. The first-order chi connectivity index (χ1) is 7.67. The standard InChI is InChI=1S/C11H7ClN2O2/c12-9-3-1-8(2-4-9)10(5-6-13)14-11(16)7-15/h1-5,7H,(H,14,16)/b10-5-. The van der Waals surface area contributed by atoms with Crippen molar-refractivity contribution in [3.05, 3.63) is 40.9 Å². The molecule has 80 valence electrons. The van der Waals surface area contributed by atoms with Crippen molar-refractivity contribution in [3.63, 3.8) is 0 Å². The maximum absolute atomic E-state index is 10.9. The van der Waals surface area contributed by atoms with Crippen LogP contribution in [0.3, 0.4) is 0 Å². The van der Waals surface area contributed by atoms with Gasteiger partial charge in [-0.25, -0.2) is 0 Å². The highest BCUT2D eigenvalue weighted by molar-refractivity contribution is 6.30. The smallest absolute Gasteiger partial charge is 0.288 e. The lowest BCUT2D eigenvalue weighted by atomic mass is 10.1. The molecule has 0 spiro atoms. The number of carbonyl (C=O) groups is 2. The fraction of sp³-hybridized carbons (Fsp3) is 0. The third-order valence-corrected chi connectivity index (χ3v) is 1.98. The van der Waals surface area contributed by atoms with E-state index in [-0.39, 0.29) is 12.0 Å². The molecule has 0 fully saturated rings. The highest BCUT2D eigenvalue weighted by atomic mass is 35.5. The topological polar surface area (TPSA) is 70.0 Å². The Bertz CT molecular complexity index is 472. The monoisotopic (exact) mass is 234 g/mol. The fourth-order valence-corrected chi connectivity index (χ4v) is 1.17. The van der Waals surface area contributed by atoms with Crippen molar-refractivity contribution >= 4 is 29.5 Å². The van der Waals surface area contributed by atoms with Crippen LogP contribution in [-0.4, -0.2) is 12.2 Å². The van der Waals surface area contributed by atoms with Gasteiger partial charge in [0, 0.05) is 11.1 Å². The van der Waals surface area contributed by atoms with Gasteiger partial charge in [0.05, 0.1) is 11.8 Å². The lowest BCUT2D eigenvalue weighted by molar-refractivity contribution is -0.130. The predicted molar refractivity (Wildman–Crippen MR) is 59.2 cm³/mol. The number of hydrogen-bond acceptors (Lipinski definition) is 3. The van der Waals surface area contributed by atoms with Crippen LogP contribution in [0.25, 0.3) is 5.70 Å². The molecule has 0 bridgehead atoms. The number of rotatable bonds is 3. The van der Waals surface area contributed by atoms with Crippen LogP contribution in [0.5, 0.6) is 0 Å². The molecule has 1 N–H and O–H groups in total. The summed E-state index contributed by atoms with van der Waals surface area (Å²) in [5, 5.41) is 11.4. The molecular formula is C11H7ClN2O2. The molecule has 1 aromatic rings. The molecule has 0 aliphatic rings. The summed E-state index contributed by atoms with van der Waals surface area (Å²) in [6, 6.07) is 8.30. The molecule has 0 unspecified atom stereocenters. The third-order valence-electron chi connectivity index (χ3n) is 1.73. The number of nitrogens with zero attached hydrogens (tertiary/aromatic N) is 1. The summed E-state index contributed by atoms with van der Waals surface area (Å²) in [5.41, 5.74) is 0.859. The Morgan fingerprint density at radius 3 is 2.50 bits per heavy atom. The quantitative estimate of drug-likeness (QED) is 0.490. The number of nitriles is 1. The molecule has 16 heavy (non-hydrogen) atoms. The molecule has 0 atom stereocenters. The summed E-state index contributed by atoms with van der Waals surface area (Å²) in [6.07, 6.45) is 1.28. The zero-order valence-electron chi connectivity index (χ0n) is 8.11. The van der Waals surface area contributed by atoms with Crippen molar-refractivity contribution < 1.29 is 9.59 Å². The van der Waals surface area contributed by atoms with E-state index in [2.05, 4.69) is 5.32 Å². The van der Waals surface area contributed by atoms with Crippen LogP contribution >= 0.6 is 11.6 Å². The van der Waals surface area contributed by atoms with E-state index in [0.717, 1.165) is 6.08 Å². The van der Waals surface area contributed by atoms with Crippen LogP contribution in [0, 0.1) is 11.3 Å². The Morgan fingerprint density at radius 2 is 2.00 bits per heavy atom.